The number of carbonyl (C=O) groups excluding carboxylic acids is 2. The van der Waals surface area contributed by atoms with Gasteiger partial charge in [-0.15, -0.1) is 0 Å². The van der Waals surface area contributed by atoms with E-state index >= 15 is 0 Å². The van der Waals surface area contributed by atoms with E-state index in [-0.39, 0.29) is 12.0 Å². The molecule has 0 aliphatic carbocycles. The molecule has 132 valence electrons. The van der Waals surface area contributed by atoms with Crippen molar-refractivity contribution in [3.05, 3.63) is 59.1 Å². The number of hydrogen-bond donors (Lipinski definition) is 1. The maximum Gasteiger partial charge on any atom is 0.347 e. The molecule has 0 aliphatic rings. The molecule has 0 aliphatic heterocycles. The van der Waals surface area contributed by atoms with E-state index in [1.54, 1.807) is 69.3 Å². The van der Waals surface area contributed by atoms with Crippen LogP contribution in [0.1, 0.15) is 31.1 Å². The summed E-state index contributed by atoms with van der Waals surface area (Å²) in [4.78, 5) is 23.9. The van der Waals surface area contributed by atoms with Gasteiger partial charge in [0.25, 0.3) is 5.91 Å². The van der Waals surface area contributed by atoms with Crippen molar-refractivity contribution < 1.29 is 19.1 Å². The monoisotopic (exact) mass is 361 g/mol. The molecule has 0 saturated heterocycles. The van der Waals surface area contributed by atoms with Crippen LogP contribution < -0.4 is 10.1 Å². The summed E-state index contributed by atoms with van der Waals surface area (Å²) in [5.41, 5.74) is 1.12. The number of benzene rings is 2. The van der Waals surface area contributed by atoms with E-state index in [9.17, 15) is 9.59 Å². The van der Waals surface area contributed by atoms with Gasteiger partial charge < -0.3 is 14.8 Å². The molecule has 2 rings (SSSR count). The molecule has 0 fully saturated rings. The van der Waals surface area contributed by atoms with Crippen molar-refractivity contribution in [1.82, 2.24) is 0 Å². The Hall–Kier alpha value is -2.53. The topological polar surface area (TPSA) is 64.6 Å². The first-order chi connectivity index (χ1) is 11.8. The summed E-state index contributed by atoms with van der Waals surface area (Å²) in [5.74, 6) is -0.197. The standard InChI is InChI=1S/C19H20ClNO4/c1-12(2)24-19(23)13(3)25-17-10-4-14(5-11-17)18(22)21-16-8-6-15(20)7-9-16/h4-13H,1-3H3,(H,21,22). The first-order valence-corrected chi connectivity index (χ1v) is 8.27. The average Bonchev–Trinajstić information content (AvgIpc) is 2.57. The highest BCUT2D eigenvalue weighted by Crippen LogP contribution is 2.17. The van der Waals surface area contributed by atoms with Crippen LogP contribution in [0.3, 0.4) is 0 Å². The molecule has 25 heavy (non-hydrogen) atoms. The van der Waals surface area contributed by atoms with Crippen molar-refractivity contribution in [1.29, 1.82) is 0 Å². The molecule has 0 heterocycles. The lowest BCUT2D eigenvalue weighted by Crippen LogP contribution is -2.28. The highest BCUT2D eigenvalue weighted by Gasteiger charge is 2.17. The van der Waals surface area contributed by atoms with E-state index in [1.807, 2.05) is 0 Å². The molecule has 5 nitrogen and oxygen atoms in total. The second-order valence-electron chi connectivity index (χ2n) is 5.73. The number of halogens is 1. The molecule has 0 aromatic heterocycles. The minimum absolute atomic E-state index is 0.197. The zero-order chi connectivity index (χ0) is 18.4. The molecule has 1 N–H and O–H groups in total. The second-order valence-corrected chi connectivity index (χ2v) is 6.17. The lowest BCUT2D eigenvalue weighted by Gasteiger charge is -2.16. The predicted octanol–water partition coefficient (Wildman–Crippen LogP) is 4.31. The lowest BCUT2D eigenvalue weighted by molar-refractivity contribution is -0.154. The molecule has 1 unspecified atom stereocenters. The van der Waals surface area contributed by atoms with Crippen LogP contribution in [0.15, 0.2) is 48.5 Å². The maximum absolute atomic E-state index is 12.2. The van der Waals surface area contributed by atoms with Gasteiger partial charge in [0, 0.05) is 16.3 Å². The first-order valence-electron chi connectivity index (χ1n) is 7.89. The molecular weight excluding hydrogens is 342 g/mol. The van der Waals surface area contributed by atoms with Crippen LogP contribution in [0.25, 0.3) is 0 Å². The van der Waals surface area contributed by atoms with Gasteiger partial charge in [0.1, 0.15) is 5.75 Å². The fourth-order valence-corrected chi connectivity index (χ4v) is 2.13. The van der Waals surface area contributed by atoms with Gasteiger partial charge in [0.2, 0.25) is 0 Å². The molecule has 2 aromatic carbocycles. The third kappa shape index (κ3) is 5.80. The summed E-state index contributed by atoms with van der Waals surface area (Å²) in [6, 6.07) is 13.4. The Balaban J connectivity index is 1.95. The second kappa shape index (κ2) is 8.53. The minimum Gasteiger partial charge on any atom is -0.479 e. The van der Waals surface area contributed by atoms with E-state index in [0.29, 0.717) is 22.0 Å². The summed E-state index contributed by atoms with van der Waals surface area (Å²) in [6.07, 6.45) is -0.923. The van der Waals surface area contributed by atoms with E-state index in [4.69, 9.17) is 21.1 Å². The largest absolute Gasteiger partial charge is 0.479 e. The summed E-state index contributed by atoms with van der Waals surface area (Å²) >= 11 is 5.81. The molecule has 1 atom stereocenters. The van der Waals surface area contributed by atoms with Gasteiger partial charge in [-0.25, -0.2) is 4.79 Å². The van der Waals surface area contributed by atoms with Gasteiger partial charge in [-0.3, -0.25) is 4.79 Å². The molecule has 0 spiro atoms. The SMILES string of the molecule is CC(C)OC(=O)C(C)Oc1ccc(C(=O)Nc2ccc(Cl)cc2)cc1. The number of anilines is 1. The van der Waals surface area contributed by atoms with E-state index in [2.05, 4.69) is 5.32 Å². The van der Waals surface area contributed by atoms with Crippen LogP contribution in [-0.2, 0) is 9.53 Å². The first kappa shape index (κ1) is 18.8. The molecular formula is C19H20ClNO4. The Kier molecular flexibility index (Phi) is 6.42. The Labute approximate surface area is 151 Å². The third-order valence-corrected chi connectivity index (χ3v) is 3.47. The quantitative estimate of drug-likeness (QED) is 0.778. The number of carbonyl (C=O) groups is 2. The van der Waals surface area contributed by atoms with Crippen LogP contribution >= 0.6 is 11.6 Å². The highest BCUT2D eigenvalue weighted by molar-refractivity contribution is 6.30. The van der Waals surface area contributed by atoms with E-state index in [0.717, 1.165) is 0 Å². The fraction of sp³-hybridized carbons (Fsp3) is 0.263. The van der Waals surface area contributed by atoms with Gasteiger partial charge in [-0.2, -0.15) is 0 Å². The third-order valence-electron chi connectivity index (χ3n) is 3.22. The van der Waals surface area contributed by atoms with E-state index < -0.39 is 12.1 Å². The van der Waals surface area contributed by atoms with Gasteiger partial charge in [-0.05, 0) is 69.3 Å². The number of rotatable bonds is 6. The van der Waals surface area contributed by atoms with Crippen LogP contribution in [0, 0.1) is 0 Å². The number of amides is 1. The molecule has 0 saturated carbocycles. The number of nitrogens with one attached hydrogen (secondary N) is 1. The van der Waals surface area contributed by atoms with Crippen LogP contribution in [0.5, 0.6) is 5.75 Å². The molecule has 0 radical (unpaired) electrons. The Bertz CT molecular complexity index is 726. The molecule has 0 bridgehead atoms. The minimum atomic E-state index is -0.726. The summed E-state index contributed by atoms with van der Waals surface area (Å²) < 4.78 is 10.6. The number of ether oxygens (including phenoxy) is 2. The Morgan fingerprint density at radius 2 is 1.56 bits per heavy atom. The molecule has 2 aromatic rings. The summed E-state index contributed by atoms with van der Waals surface area (Å²) in [7, 11) is 0. The van der Waals surface area contributed by atoms with Crippen LogP contribution in [0.2, 0.25) is 5.02 Å². The smallest absolute Gasteiger partial charge is 0.347 e. The maximum atomic E-state index is 12.2. The number of hydrogen-bond acceptors (Lipinski definition) is 4. The van der Waals surface area contributed by atoms with Crippen molar-refractivity contribution in [2.75, 3.05) is 5.32 Å². The Morgan fingerprint density at radius 3 is 2.12 bits per heavy atom. The van der Waals surface area contributed by atoms with Crippen molar-refractivity contribution in [2.24, 2.45) is 0 Å². The summed E-state index contributed by atoms with van der Waals surface area (Å²) in [6.45, 7) is 5.17. The van der Waals surface area contributed by atoms with Gasteiger partial charge in [0.05, 0.1) is 6.10 Å². The van der Waals surface area contributed by atoms with Crippen molar-refractivity contribution in [3.63, 3.8) is 0 Å². The summed E-state index contributed by atoms with van der Waals surface area (Å²) in [5, 5.41) is 3.37. The van der Waals surface area contributed by atoms with Crippen molar-refractivity contribution in [2.45, 2.75) is 33.0 Å². The van der Waals surface area contributed by atoms with Gasteiger partial charge in [0.15, 0.2) is 6.10 Å². The van der Waals surface area contributed by atoms with Crippen molar-refractivity contribution in [3.8, 4) is 5.75 Å². The van der Waals surface area contributed by atoms with Crippen LogP contribution in [-0.4, -0.2) is 24.1 Å². The number of esters is 1. The zero-order valence-electron chi connectivity index (χ0n) is 14.3. The normalized spacial score (nSPS) is 11.7. The highest BCUT2D eigenvalue weighted by atomic mass is 35.5. The lowest BCUT2D eigenvalue weighted by atomic mass is 10.2. The van der Waals surface area contributed by atoms with Crippen molar-refractivity contribution >= 4 is 29.2 Å². The Morgan fingerprint density at radius 1 is 0.960 bits per heavy atom. The van der Waals surface area contributed by atoms with E-state index in [1.165, 1.54) is 0 Å². The van der Waals surface area contributed by atoms with Gasteiger partial charge in [-0.1, -0.05) is 11.6 Å². The average molecular weight is 362 g/mol. The zero-order valence-corrected chi connectivity index (χ0v) is 15.0. The predicted molar refractivity (Wildman–Crippen MR) is 97.2 cm³/mol. The molecule has 6 heteroatoms. The molecule has 1 amide bonds. The fourth-order valence-electron chi connectivity index (χ4n) is 2.00. The van der Waals surface area contributed by atoms with Gasteiger partial charge >= 0.3 is 5.97 Å². The van der Waals surface area contributed by atoms with Crippen LogP contribution in [0.4, 0.5) is 5.69 Å².